The molecule has 2 aromatic heterocycles. The van der Waals surface area contributed by atoms with Gasteiger partial charge in [0.2, 0.25) is 5.91 Å². The minimum Gasteiger partial charge on any atom is -0.346 e. The number of carbonyl (C=O) groups excluding carboxylic acids is 1. The second kappa shape index (κ2) is 6.50. The summed E-state index contributed by atoms with van der Waals surface area (Å²) < 4.78 is 0. The van der Waals surface area contributed by atoms with Crippen molar-refractivity contribution < 1.29 is 4.79 Å². The first-order valence-electron chi connectivity index (χ1n) is 6.79. The smallest absolute Gasteiger partial charge is 0.240 e. The van der Waals surface area contributed by atoms with Gasteiger partial charge in [0.05, 0.1) is 12.2 Å². The number of piperazine rings is 1. The van der Waals surface area contributed by atoms with Gasteiger partial charge in [-0.1, -0.05) is 0 Å². The summed E-state index contributed by atoms with van der Waals surface area (Å²) in [7, 11) is 0. The summed E-state index contributed by atoms with van der Waals surface area (Å²) >= 11 is 3.12. The predicted octanol–water partition coefficient (Wildman–Crippen LogP) is 1.67. The highest BCUT2D eigenvalue weighted by atomic mass is 32.1. The van der Waals surface area contributed by atoms with Gasteiger partial charge in [0.15, 0.2) is 10.3 Å². The summed E-state index contributed by atoms with van der Waals surface area (Å²) in [5.74, 6) is 0.00653. The maximum atomic E-state index is 12.0. The van der Waals surface area contributed by atoms with Gasteiger partial charge in [-0.15, -0.1) is 22.7 Å². The van der Waals surface area contributed by atoms with Crippen molar-refractivity contribution in [1.29, 1.82) is 0 Å². The van der Waals surface area contributed by atoms with Crippen LogP contribution in [0.1, 0.15) is 5.69 Å². The van der Waals surface area contributed by atoms with Gasteiger partial charge in [-0.2, -0.15) is 0 Å². The van der Waals surface area contributed by atoms with E-state index in [-0.39, 0.29) is 5.91 Å². The van der Waals surface area contributed by atoms with E-state index < -0.39 is 0 Å². The zero-order chi connectivity index (χ0) is 14.7. The molecule has 1 saturated heterocycles. The van der Waals surface area contributed by atoms with Gasteiger partial charge < -0.3 is 10.2 Å². The van der Waals surface area contributed by atoms with Crippen molar-refractivity contribution in [1.82, 2.24) is 14.9 Å². The van der Waals surface area contributed by atoms with Crippen LogP contribution in [-0.2, 0) is 4.79 Å². The molecule has 0 atom stereocenters. The highest BCUT2D eigenvalue weighted by molar-refractivity contribution is 7.14. The minimum absolute atomic E-state index is 0.00653. The SMILES string of the molecule is Cc1csc(NC(=O)CN2CCN(c3nccs3)CC2)n1. The monoisotopic (exact) mass is 323 g/mol. The van der Waals surface area contributed by atoms with E-state index in [9.17, 15) is 4.79 Å². The number of amides is 1. The van der Waals surface area contributed by atoms with Crippen LogP contribution in [0.3, 0.4) is 0 Å². The van der Waals surface area contributed by atoms with Gasteiger partial charge in [-0.25, -0.2) is 9.97 Å². The number of nitrogens with one attached hydrogen (secondary N) is 1. The Morgan fingerprint density at radius 1 is 1.33 bits per heavy atom. The number of aromatic nitrogens is 2. The molecule has 21 heavy (non-hydrogen) atoms. The van der Waals surface area contributed by atoms with Gasteiger partial charge in [0.1, 0.15) is 0 Å². The Balaban J connectivity index is 1.45. The molecule has 0 saturated carbocycles. The lowest BCUT2D eigenvalue weighted by atomic mass is 10.3. The van der Waals surface area contributed by atoms with Crippen LogP contribution in [0.5, 0.6) is 0 Å². The topological polar surface area (TPSA) is 61.4 Å². The Kier molecular flexibility index (Phi) is 4.47. The molecule has 112 valence electrons. The Morgan fingerprint density at radius 3 is 2.76 bits per heavy atom. The Bertz CT molecular complexity index is 589. The van der Waals surface area contributed by atoms with E-state index in [0.717, 1.165) is 37.0 Å². The number of carbonyl (C=O) groups is 1. The van der Waals surface area contributed by atoms with Crippen molar-refractivity contribution in [3.63, 3.8) is 0 Å². The number of hydrogen-bond donors (Lipinski definition) is 1. The Hall–Kier alpha value is -1.51. The molecule has 3 rings (SSSR count). The third kappa shape index (κ3) is 3.78. The summed E-state index contributed by atoms with van der Waals surface area (Å²) in [5, 5.41) is 8.52. The molecular weight excluding hydrogens is 306 g/mol. The first-order valence-corrected chi connectivity index (χ1v) is 8.55. The van der Waals surface area contributed by atoms with E-state index in [4.69, 9.17) is 0 Å². The van der Waals surface area contributed by atoms with Crippen molar-refractivity contribution in [2.45, 2.75) is 6.92 Å². The lowest BCUT2D eigenvalue weighted by Gasteiger charge is -2.33. The molecule has 0 spiro atoms. The number of rotatable bonds is 4. The van der Waals surface area contributed by atoms with Crippen LogP contribution >= 0.6 is 22.7 Å². The van der Waals surface area contributed by atoms with Crippen molar-refractivity contribution in [2.75, 3.05) is 42.9 Å². The van der Waals surface area contributed by atoms with Gasteiger partial charge in [-0.3, -0.25) is 9.69 Å². The molecule has 1 N–H and O–H groups in total. The number of hydrogen-bond acceptors (Lipinski definition) is 7. The molecule has 8 heteroatoms. The van der Waals surface area contributed by atoms with Crippen LogP contribution in [-0.4, -0.2) is 53.5 Å². The first-order chi connectivity index (χ1) is 10.2. The summed E-state index contributed by atoms with van der Waals surface area (Å²) in [4.78, 5) is 25.0. The fourth-order valence-electron chi connectivity index (χ4n) is 2.24. The lowest BCUT2D eigenvalue weighted by molar-refractivity contribution is -0.117. The van der Waals surface area contributed by atoms with Gasteiger partial charge in [-0.05, 0) is 6.92 Å². The summed E-state index contributed by atoms with van der Waals surface area (Å²) in [6.07, 6.45) is 1.83. The van der Waals surface area contributed by atoms with Crippen LogP contribution in [0.4, 0.5) is 10.3 Å². The van der Waals surface area contributed by atoms with Crippen molar-refractivity contribution in [3.8, 4) is 0 Å². The highest BCUT2D eigenvalue weighted by Crippen LogP contribution is 2.19. The number of anilines is 2. The van der Waals surface area contributed by atoms with Gasteiger partial charge in [0.25, 0.3) is 0 Å². The molecule has 0 aliphatic carbocycles. The van der Waals surface area contributed by atoms with Crippen molar-refractivity contribution >= 4 is 38.8 Å². The molecule has 1 fully saturated rings. The fourth-order valence-corrected chi connectivity index (χ4v) is 3.64. The van der Waals surface area contributed by atoms with E-state index in [2.05, 4.69) is 25.1 Å². The zero-order valence-corrected chi connectivity index (χ0v) is 13.4. The van der Waals surface area contributed by atoms with E-state index in [1.54, 1.807) is 11.3 Å². The minimum atomic E-state index is 0.00653. The highest BCUT2D eigenvalue weighted by Gasteiger charge is 2.20. The van der Waals surface area contributed by atoms with Crippen molar-refractivity contribution in [3.05, 3.63) is 22.7 Å². The number of thiazole rings is 2. The molecule has 6 nitrogen and oxygen atoms in total. The summed E-state index contributed by atoms with van der Waals surface area (Å²) in [5.41, 5.74) is 0.937. The second-order valence-corrected chi connectivity index (χ2v) is 6.65. The maximum absolute atomic E-state index is 12.0. The molecule has 0 radical (unpaired) electrons. The predicted molar refractivity (Wildman–Crippen MR) is 86.2 cm³/mol. The zero-order valence-electron chi connectivity index (χ0n) is 11.8. The lowest BCUT2D eigenvalue weighted by Crippen LogP contribution is -2.48. The van der Waals surface area contributed by atoms with E-state index in [0.29, 0.717) is 11.7 Å². The molecule has 1 aliphatic heterocycles. The van der Waals surface area contributed by atoms with Crippen LogP contribution in [0, 0.1) is 6.92 Å². The van der Waals surface area contributed by atoms with Crippen LogP contribution < -0.4 is 10.2 Å². The number of nitrogens with zero attached hydrogens (tertiary/aromatic N) is 4. The first kappa shape index (κ1) is 14.4. The molecular formula is C13H17N5OS2. The molecule has 1 aliphatic rings. The Morgan fingerprint density at radius 2 is 2.14 bits per heavy atom. The molecule has 1 amide bonds. The molecule has 0 unspecified atom stereocenters. The largest absolute Gasteiger partial charge is 0.346 e. The van der Waals surface area contributed by atoms with E-state index in [1.165, 1.54) is 11.3 Å². The quantitative estimate of drug-likeness (QED) is 0.927. The van der Waals surface area contributed by atoms with Gasteiger partial charge in [0, 0.05) is 43.1 Å². The average molecular weight is 323 g/mol. The van der Waals surface area contributed by atoms with Gasteiger partial charge >= 0.3 is 0 Å². The molecule has 0 aromatic carbocycles. The standard InChI is InChI=1S/C13H17N5OS2/c1-10-9-21-12(15-10)16-11(19)8-17-3-5-18(6-4-17)13-14-2-7-20-13/h2,7,9H,3-6,8H2,1H3,(H,15,16,19). The normalized spacial score (nSPS) is 16.1. The van der Waals surface area contributed by atoms with E-state index in [1.807, 2.05) is 23.9 Å². The van der Waals surface area contributed by atoms with E-state index >= 15 is 0 Å². The second-order valence-electron chi connectivity index (χ2n) is 4.92. The Labute approximate surface area is 131 Å². The third-order valence-electron chi connectivity index (χ3n) is 3.29. The molecule has 2 aromatic rings. The fraction of sp³-hybridized carbons (Fsp3) is 0.462. The third-order valence-corrected chi connectivity index (χ3v) is 5.00. The van der Waals surface area contributed by atoms with Crippen LogP contribution in [0.25, 0.3) is 0 Å². The molecule has 3 heterocycles. The average Bonchev–Trinajstić information content (AvgIpc) is 3.11. The van der Waals surface area contributed by atoms with Crippen molar-refractivity contribution in [2.24, 2.45) is 0 Å². The molecule has 0 bridgehead atoms. The van der Waals surface area contributed by atoms with Crippen LogP contribution in [0.15, 0.2) is 17.0 Å². The number of aryl methyl sites for hydroxylation is 1. The maximum Gasteiger partial charge on any atom is 0.240 e. The summed E-state index contributed by atoms with van der Waals surface area (Å²) in [6, 6.07) is 0. The summed E-state index contributed by atoms with van der Waals surface area (Å²) in [6.45, 7) is 5.93. The van der Waals surface area contributed by atoms with Crippen LogP contribution in [0.2, 0.25) is 0 Å².